The molecular weight excluding hydrogens is 260 g/mol. The summed E-state index contributed by atoms with van der Waals surface area (Å²) in [6.07, 6.45) is 0.990. The van der Waals surface area contributed by atoms with Gasteiger partial charge in [-0.1, -0.05) is 12.7 Å². The fourth-order valence-electron chi connectivity index (χ4n) is 2.08. The molecule has 1 N–H and O–H groups in total. The summed E-state index contributed by atoms with van der Waals surface area (Å²) in [4.78, 5) is 26.5. The van der Waals surface area contributed by atoms with E-state index >= 15 is 0 Å². The minimum absolute atomic E-state index is 0.124. The number of fused-ring (bicyclic) bond motifs is 1. The summed E-state index contributed by atoms with van der Waals surface area (Å²) >= 11 is 0. The molecule has 0 fully saturated rings. The van der Waals surface area contributed by atoms with E-state index in [9.17, 15) is 9.59 Å². The van der Waals surface area contributed by atoms with Crippen LogP contribution >= 0.6 is 0 Å². The Kier molecular flexibility index (Phi) is 3.93. The highest BCUT2D eigenvalue weighted by Gasteiger charge is 2.27. The first-order valence-corrected chi connectivity index (χ1v) is 6.18. The van der Waals surface area contributed by atoms with E-state index < -0.39 is 12.1 Å². The Labute approximate surface area is 116 Å². The molecule has 0 saturated carbocycles. The Balaban J connectivity index is 2.37. The number of hydrogen-bond acceptors (Lipinski definition) is 4. The van der Waals surface area contributed by atoms with Crippen LogP contribution in [0.2, 0.25) is 0 Å². The number of rotatable bonds is 3. The van der Waals surface area contributed by atoms with Gasteiger partial charge in [-0.25, -0.2) is 9.59 Å². The number of likely N-dealkylation sites (N-methyl/N-ethyl adjacent to an activating group) is 1. The number of benzene rings is 1. The van der Waals surface area contributed by atoms with Gasteiger partial charge in [0.1, 0.15) is 6.61 Å². The number of ether oxygens (including phenoxy) is 1. The smallest absolute Gasteiger partial charge is 0.414 e. The lowest BCUT2D eigenvalue weighted by molar-refractivity contribution is 0.0696. The molecule has 106 valence electrons. The Morgan fingerprint density at radius 1 is 1.40 bits per heavy atom. The van der Waals surface area contributed by atoms with E-state index in [0.29, 0.717) is 18.8 Å². The molecule has 6 heteroatoms. The summed E-state index contributed by atoms with van der Waals surface area (Å²) < 4.78 is 5.03. The fraction of sp³-hybridized carbons (Fsp3) is 0.286. The van der Waals surface area contributed by atoms with Gasteiger partial charge in [-0.2, -0.15) is 0 Å². The molecule has 0 bridgehead atoms. The number of carbonyl (C=O) groups is 2. The summed E-state index contributed by atoms with van der Waals surface area (Å²) in [5.41, 5.74) is 1.49. The maximum atomic E-state index is 12.0. The first kappa shape index (κ1) is 13.9. The molecule has 0 spiro atoms. The van der Waals surface area contributed by atoms with Crippen molar-refractivity contribution in [1.29, 1.82) is 0 Å². The summed E-state index contributed by atoms with van der Waals surface area (Å²) in [7, 11) is 1.89. The number of amides is 1. The highest BCUT2D eigenvalue weighted by Crippen LogP contribution is 2.33. The number of hydrogen-bond donors (Lipinski definition) is 1. The lowest BCUT2D eigenvalue weighted by atomic mass is 10.1. The fourth-order valence-corrected chi connectivity index (χ4v) is 2.08. The van der Waals surface area contributed by atoms with E-state index in [0.717, 1.165) is 5.69 Å². The summed E-state index contributed by atoms with van der Waals surface area (Å²) in [6.45, 7) is 4.72. The van der Waals surface area contributed by atoms with Crippen LogP contribution in [0.3, 0.4) is 0 Å². The van der Waals surface area contributed by atoms with Gasteiger partial charge in [-0.15, -0.1) is 0 Å². The number of carbonyl (C=O) groups excluding carboxylic acids is 1. The first-order valence-electron chi connectivity index (χ1n) is 6.18. The van der Waals surface area contributed by atoms with E-state index in [4.69, 9.17) is 9.84 Å². The van der Waals surface area contributed by atoms with Gasteiger partial charge in [0.25, 0.3) is 0 Å². The molecular formula is C14H16N2O4. The number of nitrogens with zero attached hydrogens (tertiary/aromatic N) is 2. The maximum absolute atomic E-state index is 12.0. The van der Waals surface area contributed by atoms with Crippen molar-refractivity contribution in [2.45, 2.75) is 0 Å². The van der Waals surface area contributed by atoms with Crippen molar-refractivity contribution < 1.29 is 19.4 Å². The highest BCUT2D eigenvalue weighted by molar-refractivity contribution is 5.97. The van der Waals surface area contributed by atoms with Crippen LogP contribution in [0.15, 0.2) is 30.9 Å². The molecule has 0 saturated heterocycles. The molecule has 0 unspecified atom stereocenters. The Hall–Kier alpha value is -2.50. The van der Waals surface area contributed by atoms with Crippen LogP contribution in [0.5, 0.6) is 0 Å². The predicted molar refractivity (Wildman–Crippen MR) is 75.6 cm³/mol. The van der Waals surface area contributed by atoms with Crippen LogP contribution in [-0.4, -0.2) is 43.9 Å². The molecule has 1 amide bonds. The first-order chi connectivity index (χ1) is 9.54. The molecule has 2 rings (SSSR count). The van der Waals surface area contributed by atoms with Gasteiger partial charge in [0.05, 0.1) is 16.9 Å². The molecule has 1 aliphatic heterocycles. The van der Waals surface area contributed by atoms with Crippen LogP contribution in [-0.2, 0) is 4.74 Å². The van der Waals surface area contributed by atoms with Crippen molar-refractivity contribution in [3.05, 3.63) is 36.4 Å². The topological polar surface area (TPSA) is 70.1 Å². The van der Waals surface area contributed by atoms with Crippen LogP contribution < -0.4 is 9.80 Å². The van der Waals surface area contributed by atoms with Gasteiger partial charge in [0.2, 0.25) is 0 Å². The van der Waals surface area contributed by atoms with Crippen LogP contribution in [0.4, 0.5) is 16.2 Å². The second-order valence-corrected chi connectivity index (χ2v) is 4.45. The Morgan fingerprint density at radius 2 is 2.15 bits per heavy atom. The largest absolute Gasteiger partial charge is 0.478 e. The summed E-state index contributed by atoms with van der Waals surface area (Å²) in [5, 5.41) is 9.06. The lowest BCUT2D eigenvalue weighted by Gasteiger charge is -2.35. The zero-order valence-corrected chi connectivity index (χ0v) is 11.2. The van der Waals surface area contributed by atoms with E-state index in [1.165, 1.54) is 23.1 Å². The molecule has 0 aromatic heterocycles. The zero-order chi connectivity index (χ0) is 14.7. The molecule has 1 heterocycles. The van der Waals surface area contributed by atoms with Crippen molar-refractivity contribution in [3.8, 4) is 0 Å². The van der Waals surface area contributed by atoms with E-state index in [1.54, 1.807) is 6.07 Å². The van der Waals surface area contributed by atoms with Gasteiger partial charge < -0.3 is 14.7 Å². The lowest BCUT2D eigenvalue weighted by Crippen LogP contribution is -2.43. The molecule has 1 aromatic carbocycles. The molecule has 0 radical (unpaired) electrons. The standard InChI is InChI=1S/C14H16N2O4/c1-3-8-20-14(19)16-7-6-15(2)11-5-4-10(13(17)18)9-12(11)16/h3-5,9H,1,6-8H2,2H3,(H,17,18). The third kappa shape index (κ3) is 2.59. The SMILES string of the molecule is C=CCOC(=O)N1CCN(C)c2ccc(C(=O)O)cc21. The van der Waals surface area contributed by atoms with Crippen LogP contribution in [0, 0.1) is 0 Å². The maximum Gasteiger partial charge on any atom is 0.414 e. The highest BCUT2D eigenvalue weighted by atomic mass is 16.6. The molecule has 1 aliphatic rings. The third-order valence-corrected chi connectivity index (χ3v) is 3.13. The summed E-state index contributed by atoms with van der Waals surface area (Å²) in [5.74, 6) is -1.03. The Bertz CT molecular complexity index is 556. The van der Waals surface area contributed by atoms with Gasteiger partial charge in [-0.3, -0.25) is 4.90 Å². The van der Waals surface area contributed by atoms with E-state index in [-0.39, 0.29) is 12.2 Å². The average molecular weight is 276 g/mol. The van der Waals surface area contributed by atoms with Gasteiger partial charge in [0, 0.05) is 20.1 Å². The van der Waals surface area contributed by atoms with Gasteiger partial charge in [-0.05, 0) is 18.2 Å². The quantitative estimate of drug-likeness (QED) is 0.855. The monoisotopic (exact) mass is 276 g/mol. The Morgan fingerprint density at radius 3 is 2.80 bits per heavy atom. The molecule has 0 aliphatic carbocycles. The van der Waals surface area contributed by atoms with Crippen molar-refractivity contribution in [2.24, 2.45) is 0 Å². The van der Waals surface area contributed by atoms with Gasteiger partial charge in [0.15, 0.2) is 0 Å². The molecule has 0 atom stereocenters. The normalized spacial score (nSPS) is 13.7. The molecule has 20 heavy (non-hydrogen) atoms. The second kappa shape index (κ2) is 5.64. The van der Waals surface area contributed by atoms with E-state index in [2.05, 4.69) is 6.58 Å². The average Bonchev–Trinajstić information content (AvgIpc) is 2.44. The molecule has 6 nitrogen and oxygen atoms in total. The zero-order valence-electron chi connectivity index (χ0n) is 11.2. The third-order valence-electron chi connectivity index (χ3n) is 3.13. The van der Waals surface area contributed by atoms with Crippen molar-refractivity contribution in [1.82, 2.24) is 0 Å². The summed E-state index contributed by atoms with van der Waals surface area (Å²) in [6, 6.07) is 4.71. The minimum atomic E-state index is -1.03. The van der Waals surface area contributed by atoms with Crippen molar-refractivity contribution in [2.75, 3.05) is 36.5 Å². The van der Waals surface area contributed by atoms with Crippen molar-refractivity contribution in [3.63, 3.8) is 0 Å². The molecule has 1 aromatic rings. The van der Waals surface area contributed by atoms with Crippen LogP contribution in [0.25, 0.3) is 0 Å². The second-order valence-electron chi connectivity index (χ2n) is 4.45. The minimum Gasteiger partial charge on any atom is -0.478 e. The van der Waals surface area contributed by atoms with Gasteiger partial charge >= 0.3 is 12.1 Å². The van der Waals surface area contributed by atoms with Crippen LogP contribution in [0.1, 0.15) is 10.4 Å². The number of anilines is 2. The number of aromatic carboxylic acids is 1. The van der Waals surface area contributed by atoms with Crippen molar-refractivity contribution >= 4 is 23.4 Å². The number of carboxylic acids is 1. The van der Waals surface area contributed by atoms with E-state index in [1.807, 2.05) is 11.9 Å². The predicted octanol–water partition coefficient (Wildman–Crippen LogP) is 1.96. The number of carboxylic acid groups (broad SMARTS) is 1.